The summed E-state index contributed by atoms with van der Waals surface area (Å²) in [5, 5.41) is 6.41. The number of carbonyl (C=O) groups excluding carboxylic acids is 1. The Morgan fingerprint density at radius 3 is 3.11 bits per heavy atom. The summed E-state index contributed by atoms with van der Waals surface area (Å²) >= 11 is 6.07. The molecule has 0 radical (unpaired) electrons. The highest BCUT2D eigenvalue weighted by Crippen LogP contribution is 2.20. The lowest BCUT2D eigenvalue weighted by Gasteiger charge is -2.23. The third-order valence-corrected chi connectivity index (χ3v) is 3.23. The topological polar surface area (TPSA) is 63.2 Å². The summed E-state index contributed by atoms with van der Waals surface area (Å²) in [5.41, 5.74) is 0.470. The van der Waals surface area contributed by atoms with Crippen LogP contribution in [0.25, 0.3) is 0 Å². The predicted octanol–water partition coefficient (Wildman–Crippen LogP) is 2.08. The van der Waals surface area contributed by atoms with Crippen LogP contribution in [0.4, 0.5) is 5.82 Å². The van der Waals surface area contributed by atoms with Crippen LogP contribution >= 0.6 is 11.6 Å². The Morgan fingerprint density at radius 2 is 2.47 bits per heavy atom. The predicted molar refractivity (Wildman–Crippen MR) is 74.7 cm³/mol. The normalized spacial score (nSPS) is 18.9. The Bertz CT molecular complexity index is 448. The summed E-state index contributed by atoms with van der Waals surface area (Å²) in [6.45, 7) is 4.04. The molecular weight excluding hydrogens is 266 g/mol. The van der Waals surface area contributed by atoms with Crippen LogP contribution in [0.3, 0.4) is 0 Å². The van der Waals surface area contributed by atoms with Crippen molar-refractivity contribution in [2.24, 2.45) is 0 Å². The lowest BCUT2D eigenvalue weighted by Crippen LogP contribution is -2.40. The minimum atomic E-state index is -0.159. The Morgan fingerprint density at radius 1 is 1.63 bits per heavy atom. The van der Waals surface area contributed by atoms with Crippen molar-refractivity contribution in [3.63, 3.8) is 0 Å². The van der Waals surface area contributed by atoms with Crippen molar-refractivity contribution in [1.82, 2.24) is 10.3 Å². The first-order valence-electron chi connectivity index (χ1n) is 6.48. The molecule has 1 fully saturated rings. The van der Waals surface area contributed by atoms with Gasteiger partial charge in [0.15, 0.2) is 0 Å². The van der Waals surface area contributed by atoms with E-state index in [4.69, 9.17) is 16.3 Å². The van der Waals surface area contributed by atoms with E-state index in [-0.39, 0.29) is 11.9 Å². The first kappa shape index (κ1) is 14.1. The fourth-order valence-corrected chi connectivity index (χ4v) is 2.22. The van der Waals surface area contributed by atoms with Crippen molar-refractivity contribution in [2.75, 3.05) is 25.1 Å². The number of nitrogens with one attached hydrogen (secondary N) is 2. The fourth-order valence-electron chi connectivity index (χ4n) is 1.98. The van der Waals surface area contributed by atoms with E-state index < -0.39 is 0 Å². The number of aromatic nitrogens is 1. The van der Waals surface area contributed by atoms with E-state index in [0.29, 0.717) is 23.0 Å². The van der Waals surface area contributed by atoms with E-state index in [1.54, 1.807) is 6.07 Å². The zero-order valence-corrected chi connectivity index (χ0v) is 11.7. The van der Waals surface area contributed by atoms with Gasteiger partial charge in [0, 0.05) is 19.3 Å². The van der Waals surface area contributed by atoms with Crippen LogP contribution in [0, 0.1) is 0 Å². The van der Waals surface area contributed by atoms with Gasteiger partial charge in [-0.25, -0.2) is 4.98 Å². The molecular formula is C13H18ClN3O2. The summed E-state index contributed by atoms with van der Waals surface area (Å²) in [4.78, 5) is 16.2. The van der Waals surface area contributed by atoms with E-state index in [2.05, 4.69) is 15.6 Å². The molecule has 2 N–H and O–H groups in total. The van der Waals surface area contributed by atoms with Gasteiger partial charge in [-0.15, -0.1) is 0 Å². The maximum Gasteiger partial charge on any atom is 0.253 e. The van der Waals surface area contributed by atoms with Crippen LogP contribution in [0.5, 0.6) is 0 Å². The van der Waals surface area contributed by atoms with E-state index in [9.17, 15) is 4.79 Å². The lowest BCUT2D eigenvalue weighted by atomic mass is 10.1. The molecule has 2 rings (SSSR count). The largest absolute Gasteiger partial charge is 0.379 e. The average Bonchev–Trinajstić information content (AvgIpc) is 2.42. The number of ether oxygens (including phenoxy) is 1. The summed E-state index contributed by atoms with van der Waals surface area (Å²) in [7, 11) is 0. The summed E-state index contributed by atoms with van der Waals surface area (Å²) in [5.74, 6) is 0.440. The third kappa shape index (κ3) is 3.81. The molecule has 19 heavy (non-hydrogen) atoms. The van der Waals surface area contributed by atoms with Crippen molar-refractivity contribution in [3.8, 4) is 0 Å². The van der Waals surface area contributed by atoms with Gasteiger partial charge in [-0.1, -0.05) is 11.6 Å². The van der Waals surface area contributed by atoms with Gasteiger partial charge >= 0.3 is 0 Å². The molecule has 0 bridgehead atoms. The molecule has 1 saturated heterocycles. The minimum absolute atomic E-state index is 0.0773. The Balaban J connectivity index is 2.00. The Hall–Kier alpha value is -1.33. The summed E-state index contributed by atoms with van der Waals surface area (Å²) in [6.07, 6.45) is 3.45. The monoisotopic (exact) mass is 283 g/mol. The zero-order valence-electron chi connectivity index (χ0n) is 10.9. The van der Waals surface area contributed by atoms with Crippen molar-refractivity contribution in [3.05, 3.63) is 22.8 Å². The Labute approximate surface area is 117 Å². The van der Waals surface area contributed by atoms with Crippen molar-refractivity contribution in [1.29, 1.82) is 0 Å². The number of hydrogen-bond acceptors (Lipinski definition) is 4. The molecule has 104 valence electrons. The van der Waals surface area contributed by atoms with Crippen molar-refractivity contribution < 1.29 is 9.53 Å². The van der Waals surface area contributed by atoms with E-state index in [1.807, 2.05) is 6.92 Å². The summed E-state index contributed by atoms with van der Waals surface area (Å²) in [6, 6.07) is 1.71. The molecule has 0 spiro atoms. The van der Waals surface area contributed by atoms with Crippen LogP contribution in [-0.2, 0) is 4.74 Å². The van der Waals surface area contributed by atoms with E-state index in [1.165, 1.54) is 6.20 Å². The van der Waals surface area contributed by atoms with Crippen LogP contribution < -0.4 is 10.6 Å². The molecule has 0 saturated carbocycles. The smallest absolute Gasteiger partial charge is 0.253 e. The fraction of sp³-hybridized carbons (Fsp3) is 0.538. The third-order valence-electron chi connectivity index (χ3n) is 2.94. The average molecular weight is 284 g/mol. The highest BCUT2D eigenvalue weighted by Gasteiger charge is 2.18. The summed E-state index contributed by atoms with van der Waals surface area (Å²) < 4.78 is 5.33. The van der Waals surface area contributed by atoms with Crippen molar-refractivity contribution >= 4 is 23.3 Å². The quantitative estimate of drug-likeness (QED) is 0.888. The van der Waals surface area contributed by atoms with Gasteiger partial charge in [0.1, 0.15) is 5.82 Å². The molecule has 2 heterocycles. The zero-order chi connectivity index (χ0) is 13.7. The van der Waals surface area contributed by atoms with Crippen LogP contribution in [-0.4, -0.2) is 36.7 Å². The molecule has 1 aromatic heterocycles. The van der Waals surface area contributed by atoms with Gasteiger partial charge in [0.2, 0.25) is 0 Å². The molecule has 0 aliphatic carbocycles. The number of pyridine rings is 1. The van der Waals surface area contributed by atoms with Crippen LogP contribution in [0.2, 0.25) is 5.02 Å². The number of nitrogens with zero attached hydrogens (tertiary/aromatic N) is 1. The second-order valence-corrected chi connectivity index (χ2v) is 4.88. The van der Waals surface area contributed by atoms with Gasteiger partial charge in [0.25, 0.3) is 5.91 Å². The molecule has 5 nitrogen and oxygen atoms in total. The van der Waals surface area contributed by atoms with E-state index in [0.717, 1.165) is 26.0 Å². The molecule has 1 aliphatic heterocycles. The highest BCUT2D eigenvalue weighted by atomic mass is 35.5. The number of rotatable bonds is 4. The standard InChI is InChI=1S/C13H18ClN3O2/c1-2-15-12-11(14)6-9(7-16-12)13(18)17-10-4-3-5-19-8-10/h6-7,10H,2-5,8H2,1H3,(H,15,16)(H,17,18). The van der Waals surface area contributed by atoms with Crippen molar-refractivity contribution in [2.45, 2.75) is 25.8 Å². The molecule has 1 unspecified atom stereocenters. The van der Waals surface area contributed by atoms with Gasteiger partial charge in [-0.3, -0.25) is 4.79 Å². The second-order valence-electron chi connectivity index (χ2n) is 4.47. The number of anilines is 1. The molecule has 6 heteroatoms. The maximum absolute atomic E-state index is 12.0. The molecule has 1 amide bonds. The molecule has 0 aromatic carbocycles. The van der Waals surface area contributed by atoms with Gasteiger partial charge in [-0.2, -0.15) is 0 Å². The first-order chi connectivity index (χ1) is 9.20. The van der Waals surface area contributed by atoms with Crippen LogP contribution in [0.15, 0.2) is 12.3 Å². The number of halogens is 1. The molecule has 1 atom stereocenters. The number of carbonyl (C=O) groups is 1. The van der Waals surface area contributed by atoms with E-state index >= 15 is 0 Å². The minimum Gasteiger partial charge on any atom is -0.379 e. The maximum atomic E-state index is 12.0. The SMILES string of the molecule is CCNc1ncc(C(=O)NC2CCCOC2)cc1Cl. The van der Waals surface area contributed by atoms with Gasteiger partial charge in [-0.05, 0) is 25.8 Å². The lowest BCUT2D eigenvalue weighted by molar-refractivity contribution is 0.0624. The second kappa shape index (κ2) is 6.73. The van der Waals surface area contributed by atoms with Gasteiger partial charge in [0.05, 0.1) is 23.2 Å². The number of hydrogen-bond donors (Lipinski definition) is 2. The Kier molecular flexibility index (Phi) is 4.99. The van der Waals surface area contributed by atoms with Crippen LogP contribution in [0.1, 0.15) is 30.1 Å². The molecule has 1 aliphatic rings. The first-order valence-corrected chi connectivity index (χ1v) is 6.86. The van der Waals surface area contributed by atoms with Gasteiger partial charge < -0.3 is 15.4 Å². The number of amides is 1. The molecule has 1 aromatic rings. The highest BCUT2D eigenvalue weighted by molar-refractivity contribution is 6.33.